The second-order valence-electron chi connectivity index (χ2n) is 7.07. The molecule has 0 radical (unpaired) electrons. The lowest BCUT2D eigenvalue weighted by Gasteiger charge is -2.26. The number of aryl methyl sites for hydroxylation is 1. The van der Waals surface area contributed by atoms with Crippen LogP contribution in [0.15, 0.2) is 78.4 Å². The van der Waals surface area contributed by atoms with Crippen molar-refractivity contribution in [2.45, 2.75) is 13.0 Å². The normalized spacial score (nSPS) is 18.1. The molecule has 150 valence electrons. The maximum Gasteiger partial charge on any atom is 0.300 e. The van der Waals surface area contributed by atoms with Gasteiger partial charge in [-0.25, -0.2) is 0 Å². The number of aliphatic hydroxyl groups excluding tert-OH is 1. The Morgan fingerprint density at radius 2 is 1.57 bits per heavy atom. The highest BCUT2D eigenvalue weighted by molar-refractivity contribution is 6.52. The minimum atomic E-state index is -0.912. The fourth-order valence-electron chi connectivity index (χ4n) is 3.57. The molecule has 1 aliphatic rings. The molecule has 3 aromatic carbocycles. The Morgan fingerprint density at radius 3 is 2.20 bits per heavy atom. The van der Waals surface area contributed by atoms with Gasteiger partial charge in [-0.2, -0.15) is 0 Å². The zero-order chi connectivity index (χ0) is 21.4. The summed E-state index contributed by atoms with van der Waals surface area (Å²) in [5, 5.41) is 21.0. The molecule has 6 heteroatoms. The number of phenolic OH excluding ortho intramolecular Hbond substituents is 1. The molecular formula is C24H18ClNO4. The van der Waals surface area contributed by atoms with E-state index in [1.807, 2.05) is 19.1 Å². The van der Waals surface area contributed by atoms with Crippen LogP contribution in [-0.4, -0.2) is 21.9 Å². The summed E-state index contributed by atoms with van der Waals surface area (Å²) < 4.78 is 0. The molecule has 3 aromatic rings. The van der Waals surface area contributed by atoms with Crippen molar-refractivity contribution in [3.63, 3.8) is 0 Å². The summed E-state index contributed by atoms with van der Waals surface area (Å²) in [5.41, 5.74) is 2.31. The van der Waals surface area contributed by atoms with Gasteiger partial charge < -0.3 is 10.2 Å². The third-order valence-electron chi connectivity index (χ3n) is 5.10. The number of anilines is 1. The minimum Gasteiger partial charge on any atom is -0.508 e. The number of benzene rings is 3. The lowest BCUT2D eigenvalue weighted by atomic mass is 9.95. The van der Waals surface area contributed by atoms with E-state index in [1.165, 1.54) is 29.2 Å². The number of phenols is 1. The molecular weight excluding hydrogens is 402 g/mol. The summed E-state index contributed by atoms with van der Waals surface area (Å²) in [4.78, 5) is 27.3. The monoisotopic (exact) mass is 419 g/mol. The Kier molecular flexibility index (Phi) is 5.06. The molecule has 1 fully saturated rings. The number of amides is 1. The van der Waals surface area contributed by atoms with E-state index in [0.717, 1.165) is 5.56 Å². The number of Topliss-reactive ketones (excluding diaryl/α,β-unsaturated/α-hetero) is 1. The largest absolute Gasteiger partial charge is 0.508 e. The first kappa shape index (κ1) is 19.7. The molecule has 30 heavy (non-hydrogen) atoms. The van der Waals surface area contributed by atoms with Crippen molar-refractivity contribution in [1.82, 2.24) is 0 Å². The van der Waals surface area contributed by atoms with Crippen molar-refractivity contribution < 1.29 is 19.8 Å². The molecule has 2 N–H and O–H groups in total. The third-order valence-corrected chi connectivity index (χ3v) is 5.44. The van der Waals surface area contributed by atoms with E-state index >= 15 is 0 Å². The quantitative estimate of drug-likeness (QED) is 0.356. The second-order valence-corrected chi connectivity index (χ2v) is 7.48. The number of halogens is 1. The molecule has 0 bridgehead atoms. The molecule has 1 amide bonds. The fraction of sp³-hybridized carbons (Fsp3) is 0.0833. The standard InChI is InChI=1S/C24H18ClNO4/c1-14-6-8-15(9-7-14)22(28)20-21(18-4-2-3-5-19(18)25)26(24(30)23(20)29)16-10-12-17(27)13-11-16/h2-13,21,27-28H,1H3/b22-20+. The van der Waals surface area contributed by atoms with Crippen LogP contribution in [0, 0.1) is 6.92 Å². The van der Waals surface area contributed by atoms with E-state index in [0.29, 0.717) is 21.8 Å². The third kappa shape index (κ3) is 3.33. The van der Waals surface area contributed by atoms with Crippen LogP contribution in [-0.2, 0) is 9.59 Å². The highest BCUT2D eigenvalue weighted by Gasteiger charge is 2.47. The molecule has 1 unspecified atom stereocenters. The lowest BCUT2D eigenvalue weighted by Crippen LogP contribution is -2.29. The van der Waals surface area contributed by atoms with Gasteiger partial charge >= 0.3 is 0 Å². The van der Waals surface area contributed by atoms with Crippen LogP contribution < -0.4 is 4.90 Å². The molecule has 5 nitrogen and oxygen atoms in total. The number of hydrogen-bond acceptors (Lipinski definition) is 4. The molecule has 1 atom stereocenters. The van der Waals surface area contributed by atoms with Crippen LogP contribution in [0.2, 0.25) is 5.02 Å². The van der Waals surface area contributed by atoms with Crippen LogP contribution >= 0.6 is 11.6 Å². The predicted molar refractivity (Wildman–Crippen MR) is 116 cm³/mol. The number of aromatic hydroxyl groups is 1. The van der Waals surface area contributed by atoms with Crippen molar-refractivity contribution in [2.75, 3.05) is 4.90 Å². The Morgan fingerprint density at radius 1 is 0.933 bits per heavy atom. The maximum absolute atomic E-state index is 13.0. The van der Waals surface area contributed by atoms with Crippen molar-refractivity contribution in [1.29, 1.82) is 0 Å². The summed E-state index contributed by atoms with van der Waals surface area (Å²) >= 11 is 6.42. The number of nitrogens with zero attached hydrogens (tertiary/aromatic N) is 1. The molecule has 0 aromatic heterocycles. The second kappa shape index (κ2) is 7.69. The number of carbonyl (C=O) groups excluding carboxylic acids is 2. The molecule has 0 spiro atoms. The summed E-state index contributed by atoms with van der Waals surface area (Å²) in [6.45, 7) is 1.91. The van der Waals surface area contributed by atoms with Gasteiger partial charge in [-0.05, 0) is 42.8 Å². The Labute approximate surface area is 178 Å². The van der Waals surface area contributed by atoms with E-state index < -0.39 is 17.7 Å². The van der Waals surface area contributed by atoms with E-state index in [2.05, 4.69) is 0 Å². The Hall–Kier alpha value is -3.57. The number of carbonyl (C=O) groups is 2. The molecule has 4 rings (SSSR count). The van der Waals surface area contributed by atoms with Crippen molar-refractivity contribution in [2.24, 2.45) is 0 Å². The van der Waals surface area contributed by atoms with Gasteiger partial charge in [-0.3, -0.25) is 14.5 Å². The van der Waals surface area contributed by atoms with E-state index in [1.54, 1.807) is 36.4 Å². The van der Waals surface area contributed by atoms with E-state index in [9.17, 15) is 19.8 Å². The first-order valence-electron chi connectivity index (χ1n) is 9.30. The number of aliphatic hydroxyl groups is 1. The van der Waals surface area contributed by atoms with Crippen LogP contribution in [0.5, 0.6) is 5.75 Å². The topological polar surface area (TPSA) is 77.8 Å². The van der Waals surface area contributed by atoms with Gasteiger partial charge in [-0.15, -0.1) is 0 Å². The Balaban J connectivity index is 1.96. The highest BCUT2D eigenvalue weighted by Crippen LogP contribution is 2.44. The van der Waals surface area contributed by atoms with Gasteiger partial charge in [0, 0.05) is 16.3 Å². The van der Waals surface area contributed by atoms with Crippen molar-refractivity contribution >= 4 is 34.7 Å². The fourth-order valence-corrected chi connectivity index (χ4v) is 3.81. The number of ketones is 1. The molecule has 1 heterocycles. The van der Waals surface area contributed by atoms with Crippen LogP contribution in [0.3, 0.4) is 0 Å². The van der Waals surface area contributed by atoms with E-state index in [-0.39, 0.29) is 17.1 Å². The van der Waals surface area contributed by atoms with Crippen LogP contribution in [0.4, 0.5) is 5.69 Å². The van der Waals surface area contributed by atoms with Crippen LogP contribution in [0.25, 0.3) is 5.76 Å². The first-order chi connectivity index (χ1) is 14.4. The Bertz CT molecular complexity index is 1170. The molecule has 0 aliphatic carbocycles. The summed E-state index contributed by atoms with van der Waals surface area (Å²) in [6, 6.07) is 18.9. The molecule has 0 saturated carbocycles. The van der Waals surface area contributed by atoms with E-state index in [4.69, 9.17) is 11.6 Å². The average molecular weight is 420 g/mol. The van der Waals surface area contributed by atoms with Gasteiger partial charge in [0.15, 0.2) is 0 Å². The van der Waals surface area contributed by atoms with Gasteiger partial charge in [0.05, 0.1) is 11.6 Å². The summed E-state index contributed by atoms with van der Waals surface area (Å²) in [7, 11) is 0. The van der Waals surface area contributed by atoms with Gasteiger partial charge in [0.2, 0.25) is 0 Å². The zero-order valence-electron chi connectivity index (χ0n) is 16.0. The number of hydrogen-bond donors (Lipinski definition) is 2. The van der Waals surface area contributed by atoms with Crippen molar-refractivity contribution in [3.05, 3.63) is 100 Å². The smallest absolute Gasteiger partial charge is 0.300 e. The molecule has 1 aliphatic heterocycles. The zero-order valence-corrected chi connectivity index (χ0v) is 16.8. The lowest BCUT2D eigenvalue weighted by molar-refractivity contribution is -0.132. The first-order valence-corrected chi connectivity index (χ1v) is 9.68. The highest BCUT2D eigenvalue weighted by atomic mass is 35.5. The van der Waals surface area contributed by atoms with Crippen molar-refractivity contribution in [3.8, 4) is 5.75 Å². The predicted octanol–water partition coefficient (Wildman–Crippen LogP) is 4.98. The molecule has 1 saturated heterocycles. The maximum atomic E-state index is 13.0. The summed E-state index contributed by atoms with van der Waals surface area (Å²) in [6.07, 6.45) is 0. The summed E-state index contributed by atoms with van der Waals surface area (Å²) in [5.74, 6) is -1.81. The number of rotatable bonds is 3. The van der Waals surface area contributed by atoms with Gasteiger partial charge in [-0.1, -0.05) is 59.6 Å². The van der Waals surface area contributed by atoms with Gasteiger partial charge in [0.1, 0.15) is 11.5 Å². The minimum absolute atomic E-state index is 0.0317. The van der Waals surface area contributed by atoms with Crippen LogP contribution in [0.1, 0.15) is 22.7 Å². The average Bonchev–Trinajstić information content (AvgIpc) is 3.00. The van der Waals surface area contributed by atoms with Gasteiger partial charge in [0.25, 0.3) is 11.7 Å². The SMILES string of the molecule is Cc1ccc(/C(O)=C2\C(=O)C(=O)N(c3ccc(O)cc3)C2c2ccccc2Cl)cc1.